The Hall–Kier alpha value is -3.17. The lowest BCUT2D eigenvalue weighted by Crippen LogP contribution is -2.46. The largest absolute Gasteiger partial charge is 0.378 e. The number of hydrogen-bond donors (Lipinski definition) is 2. The highest BCUT2D eigenvalue weighted by atomic mass is 79.9. The first-order valence-electron chi connectivity index (χ1n) is 12.1. The monoisotopic (exact) mass is 532 g/mol. The zero-order chi connectivity index (χ0) is 23.8. The Labute approximate surface area is 213 Å². The second-order valence-electron chi connectivity index (χ2n) is 9.39. The molecule has 2 saturated heterocycles. The summed E-state index contributed by atoms with van der Waals surface area (Å²) in [4.78, 5) is 24.3. The van der Waals surface area contributed by atoms with Gasteiger partial charge in [0.05, 0.1) is 22.0 Å². The number of anilines is 3. The van der Waals surface area contributed by atoms with Gasteiger partial charge in [-0.15, -0.1) is 0 Å². The van der Waals surface area contributed by atoms with Crippen molar-refractivity contribution >= 4 is 44.2 Å². The fourth-order valence-electron chi connectivity index (χ4n) is 5.06. The number of halogens is 1. The van der Waals surface area contributed by atoms with Crippen molar-refractivity contribution in [2.75, 3.05) is 61.4 Å². The molecule has 1 aromatic carbocycles. The number of hydrogen-bond acceptors (Lipinski definition) is 7. The van der Waals surface area contributed by atoms with Gasteiger partial charge in [-0.25, -0.2) is 9.97 Å². The number of H-pyrrole nitrogens is 1. The topological polar surface area (TPSA) is 76.2 Å². The lowest BCUT2D eigenvalue weighted by atomic mass is 10.1. The lowest BCUT2D eigenvalue weighted by Gasteiger charge is -2.37. The molecule has 180 valence electrons. The number of pyridine rings is 2. The normalized spacial score (nSPS) is 19.0. The molecule has 0 aliphatic carbocycles. The van der Waals surface area contributed by atoms with Gasteiger partial charge >= 0.3 is 0 Å². The lowest BCUT2D eigenvalue weighted by molar-refractivity contribution is 0.414. The van der Waals surface area contributed by atoms with E-state index in [4.69, 9.17) is 4.98 Å². The van der Waals surface area contributed by atoms with Gasteiger partial charge in [-0.3, -0.25) is 4.98 Å². The molecule has 8 nitrogen and oxygen atoms in total. The predicted molar refractivity (Wildman–Crippen MR) is 145 cm³/mol. The number of imidazole rings is 1. The number of aromatic nitrogens is 4. The van der Waals surface area contributed by atoms with Gasteiger partial charge in [-0.05, 0) is 72.3 Å². The van der Waals surface area contributed by atoms with Crippen molar-refractivity contribution in [1.29, 1.82) is 0 Å². The summed E-state index contributed by atoms with van der Waals surface area (Å²) in [6.45, 7) is 6.11. The third kappa shape index (κ3) is 4.58. The van der Waals surface area contributed by atoms with Crippen molar-refractivity contribution in [1.82, 2.24) is 24.8 Å². The van der Waals surface area contributed by atoms with Gasteiger partial charge in [-0.2, -0.15) is 0 Å². The van der Waals surface area contributed by atoms with Crippen molar-refractivity contribution in [3.63, 3.8) is 0 Å². The fraction of sp³-hybridized carbons (Fsp3) is 0.346. The Morgan fingerprint density at radius 2 is 1.74 bits per heavy atom. The summed E-state index contributed by atoms with van der Waals surface area (Å²) >= 11 is 3.68. The van der Waals surface area contributed by atoms with Crippen LogP contribution in [0.1, 0.15) is 6.42 Å². The van der Waals surface area contributed by atoms with Crippen LogP contribution in [0.2, 0.25) is 0 Å². The number of fused-ring (bicyclic) bond motifs is 1. The number of likely N-dealkylation sites (N-methyl/N-ethyl adjacent to an activating group) is 1. The highest BCUT2D eigenvalue weighted by Gasteiger charge is 2.22. The van der Waals surface area contributed by atoms with Crippen molar-refractivity contribution in [3.05, 3.63) is 59.5 Å². The highest BCUT2D eigenvalue weighted by Crippen LogP contribution is 2.32. The van der Waals surface area contributed by atoms with Crippen LogP contribution in [0.4, 0.5) is 17.1 Å². The molecule has 4 aromatic rings. The molecule has 35 heavy (non-hydrogen) atoms. The number of nitrogens with one attached hydrogen (secondary N) is 2. The van der Waals surface area contributed by atoms with Crippen LogP contribution >= 0.6 is 15.9 Å². The Morgan fingerprint density at radius 3 is 2.43 bits per heavy atom. The Bertz CT molecular complexity index is 1300. The van der Waals surface area contributed by atoms with E-state index < -0.39 is 0 Å². The molecule has 2 N–H and O–H groups in total. The molecule has 0 bridgehead atoms. The van der Waals surface area contributed by atoms with E-state index in [9.17, 15) is 0 Å². The molecule has 0 radical (unpaired) electrons. The summed E-state index contributed by atoms with van der Waals surface area (Å²) in [5.41, 5.74) is 6.21. The Kier molecular flexibility index (Phi) is 6.03. The average Bonchev–Trinajstić information content (AvgIpc) is 3.53. The van der Waals surface area contributed by atoms with Crippen LogP contribution in [0.3, 0.4) is 0 Å². The van der Waals surface area contributed by atoms with E-state index in [2.05, 4.69) is 88.3 Å². The van der Waals surface area contributed by atoms with Crippen LogP contribution in [0.25, 0.3) is 22.6 Å². The first kappa shape index (κ1) is 22.3. The molecular weight excluding hydrogens is 504 g/mol. The van der Waals surface area contributed by atoms with E-state index in [1.165, 1.54) is 11.4 Å². The molecule has 9 heteroatoms. The maximum atomic E-state index is 4.80. The second kappa shape index (κ2) is 9.47. The maximum absolute atomic E-state index is 4.80. The quantitative estimate of drug-likeness (QED) is 0.398. The molecule has 3 aromatic heterocycles. The molecule has 2 aliphatic heterocycles. The van der Waals surface area contributed by atoms with E-state index >= 15 is 0 Å². The van der Waals surface area contributed by atoms with Gasteiger partial charge < -0.3 is 25.0 Å². The number of rotatable bonds is 5. The first-order valence-corrected chi connectivity index (χ1v) is 12.9. The zero-order valence-corrected chi connectivity index (χ0v) is 21.4. The number of nitrogens with zero attached hydrogens (tertiary/aromatic N) is 6. The van der Waals surface area contributed by atoms with Crippen molar-refractivity contribution in [3.8, 4) is 11.4 Å². The van der Waals surface area contributed by atoms with Crippen LogP contribution in [0, 0.1) is 0 Å². The van der Waals surface area contributed by atoms with Crippen LogP contribution in [0.15, 0.2) is 59.5 Å². The number of likely N-dealkylation sites (tertiary alicyclic amines) is 1. The van der Waals surface area contributed by atoms with Crippen molar-refractivity contribution in [2.45, 2.75) is 12.5 Å². The third-order valence-electron chi connectivity index (χ3n) is 7.01. The van der Waals surface area contributed by atoms with Crippen LogP contribution in [-0.2, 0) is 0 Å². The third-order valence-corrected chi connectivity index (χ3v) is 7.61. The van der Waals surface area contributed by atoms with E-state index in [0.29, 0.717) is 6.04 Å². The smallest absolute Gasteiger partial charge is 0.180 e. The Morgan fingerprint density at radius 1 is 0.971 bits per heavy atom. The minimum Gasteiger partial charge on any atom is -0.378 e. The standard InChI is InChI=1S/C26H29BrN8/c1-33-10-8-19(17-33)30-23-22(27)16-29-26-24(23)31-25(32-26)18-4-6-20(7-5-18)34-11-13-35(14-12-34)21-3-2-9-28-15-21/h2-7,9,15-16,19H,8,10-14,17H2,1H3,(H2,29,30,31,32). The number of benzene rings is 1. The molecule has 2 fully saturated rings. The van der Waals surface area contributed by atoms with Crippen LogP contribution < -0.4 is 15.1 Å². The van der Waals surface area contributed by atoms with Crippen molar-refractivity contribution in [2.24, 2.45) is 0 Å². The van der Waals surface area contributed by atoms with Crippen LogP contribution in [0.5, 0.6) is 0 Å². The van der Waals surface area contributed by atoms with Gasteiger partial charge in [0.1, 0.15) is 11.3 Å². The van der Waals surface area contributed by atoms with E-state index in [-0.39, 0.29) is 0 Å². The van der Waals surface area contributed by atoms with Gasteiger partial charge in [0.25, 0.3) is 0 Å². The zero-order valence-electron chi connectivity index (χ0n) is 19.8. The summed E-state index contributed by atoms with van der Waals surface area (Å²) in [5.74, 6) is 0.838. The average molecular weight is 533 g/mol. The molecule has 5 heterocycles. The predicted octanol–water partition coefficient (Wildman–Crippen LogP) is 4.23. The molecule has 0 spiro atoms. The van der Waals surface area contributed by atoms with Crippen molar-refractivity contribution < 1.29 is 0 Å². The minimum atomic E-state index is 0.423. The van der Waals surface area contributed by atoms with Gasteiger partial charge in [0, 0.05) is 62.4 Å². The SMILES string of the molecule is CN1CCC(Nc2c(Br)cnc3nc(-c4ccc(N5CCN(c6cccnc6)CC5)cc4)[nH]c23)C1. The first-order chi connectivity index (χ1) is 17.1. The molecule has 2 aliphatic rings. The summed E-state index contributed by atoms with van der Waals surface area (Å²) in [5, 5.41) is 3.70. The van der Waals surface area contributed by atoms with Crippen LogP contribution in [-0.4, -0.2) is 77.2 Å². The summed E-state index contributed by atoms with van der Waals surface area (Å²) in [6, 6.07) is 13.2. The van der Waals surface area contributed by atoms with E-state index in [1.54, 1.807) is 0 Å². The summed E-state index contributed by atoms with van der Waals surface area (Å²) in [6.07, 6.45) is 6.73. The molecule has 1 atom stereocenters. The minimum absolute atomic E-state index is 0.423. The number of piperazine rings is 1. The molecule has 0 saturated carbocycles. The molecule has 1 unspecified atom stereocenters. The highest BCUT2D eigenvalue weighted by molar-refractivity contribution is 9.10. The fourth-order valence-corrected chi connectivity index (χ4v) is 5.48. The molecular formula is C26H29BrN8. The number of aromatic amines is 1. The molecule has 6 rings (SSSR count). The summed E-state index contributed by atoms with van der Waals surface area (Å²) in [7, 11) is 2.16. The van der Waals surface area contributed by atoms with Gasteiger partial charge in [0.15, 0.2) is 5.65 Å². The van der Waals surface area contributed by atoms with E-state index in [1.807, 2.05) is 24.7 Å². The second-order valence-corrected chi connectivity index (χ2v) is 10.2. The van der Waals surface area contributed by atoms with E-state index in [0.717, 1.165) is 78.4 Å². The summed E-state index contributed by atoms with van der Waals surface area (Å²) < 4.78 is 0.954. The maximum Gasteiger partial charge on any atom is 0.180 e. The van der Waals surface area contributed by atoms with Gasteiger partial charge in [-0.1, -0.05) is 0 Å². The molecule has 0 amide bonds. The van der Waals surface area contributed by atoms with Gasteiger partial charge in [0.2, 0.25) is 0 Å². The Balaban J connectivity index is 1.18.